The second kappa shape index (κ2) is 61.9. The van der Waals surface area contributed by atoms with Crippen LogP contribution in [0.4, 0.5) is 22.2 Å². The summed E-state index contributed by atoms with van der Waals surface area (Å²) in [5.41, 5.74) is 21.3. The fourth-order valence-electron chi connectivity index (χ4n) is 10.8. The second-order valence-electron chi connectivity index (χ2n) is 29.4. The molecular weight excluding hydrogens is 2100 g/mol. The first-order valence-electron chi connectivity index (χ1n) is 36.9. The molecule has 0 aliphatic carbocycles. The van der Waals surface area contributed by atoms with Gasteiger partial charge in [-0.15, -0.1) is 0 Å². The molecule has 7 fully saturated rings. The van der Waals surface area contributed by atoms with Crippen molar-refractivity contribution in [3.05, 3.63) is 111 Å². The van der Waals surface area contributed by atoms with Crippen LogP contribution in [0.25, 0.3) is 33.2 Å². The summed E-state index contributed by atoms with van der Waals surface area (Å²) in [4.78, 5) is 38.4. The van der Waals surface area contributed by atoms with Crippen LogP contribution in [0.5, 0.6) is 0 Å². The fraction of sp³-hybridized carbons (Fsp3) is 0.588. The quantitative estimate of drug-likeness (QED) is 0.0252. The van der Waals surface area contributed by atoms with Gasteiger partial charge in [0.1, 0.15) is 32.7 Å². The summed E-state index contributed by atoms with van der Waals surface area (Å²) < 4.78 is 136. The molecule has 11 heterocycles. The van der Waals surface area contributed by atoms with Crippen LogP contribution in [0.15, 0.2) is 114 Å². The topological polar surface area (TPSA) is 430 Å². The number of ketones is 1. The first-order chi connectivity index (χ1) is 53.4. The molecule has 4 aromatic carbocycles. The predicted molar refractivity (Wildman–Crippen MR) is 492 cm³/mol. The van der Waals surface area contributed by atoms with Crippen molar-refractivity contribution in [2.45, 2.75) is 262 Å². The zero-order valence-corrected chi connectivity index (χ0v) is 90.3. The third-order valence-corrected chi connectivity index (χ3v) is 23.4. The molecule has 3 radical (unpaired) electrons. The van der Waals surface area contributed by atoms with Crippen LogP contribution in [-0.4, -0.2) is 199 Å². The van der Waals surface area contributed by atoms with E-state index in [1.807, 2.05) is 138 Å². The largest absolute Gasteiger partial charge is 1.00 e. The first kappa shape index (κ1) is 132. The Balaban J connectivity index is -0.000000210. The van der Waals surface area contributed by atoms with Crippen molar-refractivity contribution in [2.75, 3.05) is 77.2 Å². The SMILES string of the molecule is C.C.C.C.C.C.C.CC1(C)OB(B2OC(C)(C)C(C)(C)O2)OC1(C)C.CC1(C)OB(c2ccc3oc(N)nc3c2)OC1(C)C.Cc1ccc(S(=O)(=O)Cl)cc1.Cc1ccc(S(=O)(=O)OC2CCOCC2)cc1.Nc1nc2cc(Br)ccc2o1.Nc1ncnc2c1c(I)nn2C1CCOCC1.O=C1CCOCC1.O=CO[O-].OC1CCOCC1.[2H]CF.[B].[Cs+].[Cs+].[H-].[H-].[Na+]. The number of anilines is 3. The summed E-state index contributed by atoms with van der Waals surface area (Å²) in [6.45, 7) is 33.4. The van der Waals surface area contributed by atoms with Gasteiger partial charge in [0.25, 0.3) is 37.7 Å². The Hall–Kier alpha value is -0.916. The predicted octanol–water partition coefficient (Wildman–Crippen LogP) is 6.15. The molecule has 0 bridgehead atoms. The summed E-state index contributed by atoms with van der Waals surface area (Å²) in [7, 11) is -4.44. The van der Waals surface area contributed by atoms with Gasteiger partial charge >= 0.3 is 188 Å². The molecule has 685 valence electrons. The van der Waals surface area contributed by atoms with E-state index in [0.717, 1.165) is 93.4 Å². The third-order valence-electron chi connectivity index (χ3n) is 19.4. The normalized spacial score (nSPS) is 17.8. The van der Waals surface area contributed by atoms with Gasteiger partial charge in [0.2, 0.25) is 0 Å². The molecule has 7 saturated heterocycles. The number of hydrogen-bond acceptors (Lipinski definition) is 30. The number of rotatable bonds is 8. The van der Waals surface area contributed by atoms with E-state index in [4.69, 9.17) is 104 Å². The van der Waals surface area contributed by atoms with Gasteiger partial charge in [-0.1, -0.05) is 109 Å². The Kier molecular flexibility index (Phi) is 65.6. The molecule has 0 saturated carbocycles. The monoisotopic (exact) mass is 2230 g/mol. The number of aromatic nitrogens is 6. The Morgan fingerprint density at radius 3 is 1.37 bits per heavy atom. The number of fused-ring (bicyclic) bond motifs is 3. The average Bonchev–Trinajstić information content (AvgIpc) is 1.60. The van der Waals surface area contributed by atoms with Gasteiger partial charge in [0.15, 0.2) is 16.8 Å². The smallest absolute Gasteiger partial charge is 1.00 e. The molecule has 7 N–H and O–H groups in total. The van der Waals surface area contributed by atoms with Crippen molar-refractivity contribution in [1.82, 2.24) is 29.7 Å². The van der Waals surface area contributed by atoms with Crippen molar-refractivity contribution < 1.29 is 278 Å². The van der Waals surface area contributed by atoms with Crippen molar-refractivity contribution >= 4 is 167 Å². The summed E-state index contributed by atoms with van der Waals surface area (Å²) >= 11 is 5.50. The summed E-state index contributed by atoms with van der Waals surface area (Å²) in [5, 5.41) is 22.7. The fourth-order valence-corrected chi connectivity index (χ4v) is 13.8. The van der Waals surface area contributed by atoms with Gasteiger partial charge in [-0.25, -0.2) is 23.1 Å². The van der Waals surface area contributed by atoms with Gasteiger partial charge in [0, 0.05) is 76.1 Å². The van der Waals surface area contributed by atoms with E-state index in [9.17, 15) is 26.0 Å². The standard InChI is InChI=1S/C13H17BN2O3.C12H24B2O4.C12H16O4S.C10H12IN5O.C7H5BrN2O.C7H7ClO2S.C5H10O2.C5H8O2.CH3F.CH2O3.7CH4.B.2Cs.Na.2H/c1-12(2)13(3,4)19-14(18-12)8-5-6-10-9(7-8)16-11(15)17-10;1-9(2)10(3,4)16-13(15-9)14-17-11(5,6)12(7,8)18-14;1-10-2-4-12(5-3-10)17(13,14)16-11-6-8-15-9-7-11;11-8-7-9(12)13-5-14-10(7)16(15-8)6-1-3-17-4-2-6;8-4-1-2-6-5(3-4)10-7(9)11-6;1-6-2-4-7(5-3-6)11(8,9)10;2*6-5-1-3-7-4-2-5;1-2;2-1-4-3;;;;;;;;;;;;;/h5-7H,1-4H3,(H2,15,16);1-8H3;2-5,11H,6-9H2,1H3;5-6H,1-4H2,(H2,12,13,14);1-3H,(H2,9,10);2-5H,1H3;5-6H,1-4H2;1-4H2;1H3;1,3H;7*1H4;;;;;;/q;;;;;;;;;;;;;;;;;;3*+1;2*-1/p-1/i;;;;;;;;1D;;;;;;;;;;;;;;. The number of oxazole rings is 2. The number of carbonyl (C=O) groups is 2. The number of ether oxygens (including phenoxy) is 4. The summed E-state index contributed by atoms with van der Waals surface area (Å²) in [6.07, 6.45) is 7.23. The maximum absolute atomic E-state index is 11.9. The molecule has 15 rings (SSSR count). The Bertz CT molecular complexity index is 4540. The molecule has 4 aromatic heterocycles. The van der Waals surface area contributed by atoms with Gasteiger partial charge in [-0.05, 0) is 218 Å². The number of Topliss-reactive ketones (excluding diaryl/α,β-unsaturated/α-hetero) is 1. The Morgan fingerprint density at radius 1 is 0.621 bits per heavy atom. The number of aryl methyl sites for hydroxylation is 2. The molecule has 31 nitrogen and oxygen atoms in total. The number of carbonyl (C=O) groups excluding carboxylic acids is 2. The minimum Gasteiger partial charge on any atom is -1.00 e. The van der Waals surface area contributed by atoms with E-state index in [0.29, 0.717) is 86.4 Å². The van der Waals surface area contributed by atoms with Gasteiger partial charge in [-0.3, -0.25) is 18.2 Å². The average molecular weight is 2230 g/mol. The zero-order valence-electron chi connectivity index (χ0n) is 72.6. The number of aliphatic hydroxyl groups is 1. The number of nitrogens with zero attached hydrogens (tertiary/aromatic N) is 6. The van der Waals surface area contributed by atoms with E-state index in [1.54, 1.807) is 36.4 Å². The maximum Gasteiger partial charge on any atom is 1.00 e. The molecule has 44 heteroatoms. The number of benzene rings is 4. The van der Waals surface area contributed by atoms with Crippen LogP contribution in [0.1, 0.15) is 208 Å². The van der Waals surface area contributed by atoms with Gasteiger partial charge < -0.3 is 91.0 Å². The van der Waals surface area contributed by atoms with E-state index >= 15 is 0 Å². The van der Waals surface area contributed by atoms with Crippen LogP contribution in [-0.2, 0) is 84.7 Å². The minimum absolute atomic E-state index is 0. The van der Waals surface area contributed by atoms with Crippen LogP contribution in [0.3, 0.4) is 0 Å². The molecule has 7 aliphatic rings. The van der Waals surface area contributed by atoms with E-state index in [1.165, 1.54) is 18.5 Å². The van der Waals surface area contributed by atoms with Crippen molar-refractivity contribution in [2.24, 2.45) is 0 Å². The number of alkyl halides is 1. The van der Waals surface area contributed by atoms with E-state index in [-0.39, 0.29) is 305 Å². The van der Waals surface area contributed by atoms with Crippen LogP contribution in [0.2, 0.25) is 0 Å². The summed E-state index contributed by atoms with van der Waals surface area (Å²) in [5.74, 6) is 0.837. The maximum atomic E-state index is 11.9. The summed E-state index contributed by atoms with van der Waals surface area (Å²) in [6, 6.07) is 25.0. The van der Waals surface area contributed by atoms with Crippen LogP contribution < -0.4 is 195 Å². The third kappa shape index (κ3) is 41.1. The number of nitrogen functional groups attached to an aromatic ring is 3. The molecule has 7 aliphatic heterocycles. The van der Waals surface area contributed by atoms with Crippen molar-refractivity contribution in [1.29, 1.82) is 0 Å². The Morgan fingerprint density at radius 2 is 0.992 bits per heavy atom. The van der Waals surface area contributed by atoms with E-state index in [2.05, 4.69) is 68.4 Å². The molecule has 0 unspecified atom stereocenters. The van der Waals surface area contributed by atoms with Gasteiger partial charge in [0.05, 0.1) is 88.8 Å². The number of halogens is 4. The molecule has 124 heavy (non-hydrogen) atoms. The molecule has 0 amide bonds. The minimum atomic E-state index is -3.63. The number of aliphatic hydroxyl groups excluding tert-OH is 1. The van der Waals surface area contributed by atoms with Crippen LogP contribution in [0, 0.1) is 17.5 Å². The second-order valence-corrected chi connectivity index (χ2v) is 35.5. The zero-order chi connectivity index (χ0) is 84.6. The first-order valence-corrected chi connectivity index (χ1v) is 41.8. The Labute approximate surface area is 910 Å². The van der Waals surface area contributed by atoms with Crippen molar-refractivity contribution in [3.63, 3.8) is 0 Å². The molecule has 0 atom stereocenters. The van der Waals surface area contributed by atoms with Crippen molar-refractivity contribution in [3.8, 4) is 0 Å². The number of hydrogen-bond donors (Lipinski definition) is 4. The van der Waals surface area contributed by atoms with Crippen LogP contribution >= 0.6 is 49.2 Å². The number of nitrogens with two attached hydrogens (primary N) is 3. The molecule has 8 aromatic rings. The molecule has 0 spiro atoms. The molecular formula is C80H133B4BrClCs2FIN9NaO22S2. The van der Waals surface area contributed by atoms with Gasteiger partial charge in [-0.2, -0.15) is 23.5 Å². The van der Waals surface area contributed by atoms with E-state index < -0.39 is 47.5 Å².